The molecule has 5 heteroatoms. The van der Waals surface area contributed by atoms with Crippen LogP contribution in [0.2, 0.25) is 0 Å². The van der Waals surface area contributed by atoms with E-state index in [0.717, 1.165) is 0 Å². The highest BCUT2D eigenvalue weighted by Crippen LogP contribution is 2.22. The molecule has 1 aromatic rings. The lowest BCUT2D eigenvalue weighted by Crippen LogP contribution is -2.04. The lowest BCUT2D eigenvalue weighted by atomic mass is 10.3. The predicted octanol–water partition coefficient (Wildman–Crippen LogP) is 1.71. The van der Waals surface area contributed by atoms with E-state index in [-0.39, 0.29) is 0 Å². The molecule has 0 amide bonds. The van der Waals surface area contributed by atoms with Gasteiger partial charge in [-0.1, -0.05) is 6.07 Å². The topological polar surface area (TPSA) is 47.0 Å². The van der Waals surface area contributed by atoms with Gasteiger partial charge in [0.15, 0.2) is 0 Å². The van der Waals surface area contributed by atoms with Crippen molar-refractivity contribution in [3.05, 3.63) is 30.1 Å². The zero-order valence-electron chi connectivity index (χ0n) is 6.44. The summed E-state index contributed by atoms with van der Waals surface area (Å²) in [4.78, 5) is 3.88. The summed E-state index contributed by atoms with van der Waals surface area (Å²) in [6.45, 7) is 1.50. The second-order valence-corrected chi connectivity index (χ2v) is 5.32. The highest BCUT2D eigenvalue weighted by molar-refractivity contribution is 8.13. The van der Waals surface area contributed by atoms with Gasteiger partial charge in [-0.2, -0.15) is 0 Å². The number of hydrogen-bond donors (Lipinski definition) is 0. The van der Waals surface area contributed by atoms with Crippen LogP contribution < -0.4 is 0 Å². The normalized spacial score (nSPS) is 14.2. The van der Waals surface area contributed by atoms with E-state index in [2.05, 4.69) is 4.98 Å². The van der Waals surface area contributed by atoms with Crippen LogP contribution in [0.25, 0.3) is 0 Å². The van der Waals surface area contributed by atoms with Crippen molar-refractivity contribution in [1.29, 1.82) is 0 Å². The molecule has 0 aromatic carbocycles. The van der Waals surface area contributed by atoms with Gasteiger partial charge in [-0.25, -0.2) is 8.42 Å². The predicted molar refractivity (Wildman–Crippen MR) is 47.4 cm³/mol. The van der Waals surface area contributed by atoms with Crippen molar-refractivity contribution in [3.63, 3.8) is 0 Å². The van der Waals surface area contributed by atoms with Crippen molar-refractivity contribution in [2.24, 2.45) is 0 Å². The fourth-order valence-corrected chi connectivity index (χ4v) is 1.46. The molecule has 3 nitrogen and oxygen atoms in total. The summed E-state index contributed by atoms with van der Waals surface area (Å²) in [6, 6.07) is 5.07. The Morgan fingerprint density at radius 3 is 2.58 bits per heavy atom. The minimum absolute atomic E-state index is 0.465. The van der Waals surface area contributed by atoms with Crippen LogP contribution in [0.5, 0.6) is 0 Å². The lowest BCUT2D eigenvalue weighted by molar-refractivity contribution is 0.599. The van der Waals surface area contributed by atoms with Crippen molar-refractivity contribution in [2.75, 3.05) is 0 Å². The number of rotatable bonds is 2. The first-order valence-electron chi connectivity index (χ1n) is 3.36. The zero-order chi connectivity index (χ0) is 9.19. The van der Waals surface area contributed by atoms with Gasteiger partial charge in [0, 0.05) is 16.9 Å². The van der Waals surface area contributed by atoms with Crippen LogP contribution in [-0.2, 0) is 9.05 Å². The van der Waals surface area contributed by atoms with Crippen molar-refractivity contribution >= 4 is 19.7 Å². The van der Waals surface area contributed by atoms with E-state index in [4.69, 9.17) is 10.7 Å². The molecular formula is C7H8ClNO2S. The molecule has 0 bridgehead atoms. The molecule has 0 aliphatic carbocycles. The molecular weight excluding hydrogens is 198 g/mol. The van der Waals surface area contributed by atoms with Crippen LogP contribution in [-0.4, -0.2) is 13.4 Å². The molecule has 0 fully saturated rings. The number of aromatic nitrogens is 1. The number of halogens is 1. The number of hydrogen-bond acceptors (Lipinski definition) is 3. The van der Waals surface area contributed by atoms with E-state index in [9.17, 15) is 8.42 Å². The van der Waals surface area contributed by atoms with Crippen molar-refractivity contribution in [1.82, 2.24) is 4.98 Å². The molecule has 0 radical (unpaired) electrons. The van der Waals surface area contributed by atoms with Gasteiger partial charge in [0.1, 0.15) is 5.25 Å². The third-order valence-corrected chi connectivity index (χ3v) is 3.41. The largest absolute Gasteiger partial charge is 0.260 e. The zero-order valence-corrected chi connectivity index (χ0v) is 8.01. The Hall–Kier alpha value is -0.610. The highest BCUT2D eigenvalue weighted by Gasteiger charge is 2.20. The Bertz CT molecular complexity index is 349. The fourth-order valence-electron chi connectivity index (χ4n) is 0.761. The Morgan fingerprint density at radius 1 is 1.50 bits per heavy atom. The minimum atomic E-state index is -3.55. The SMILES string of the molecule is C[C@@H](c1ccccn1)S(=O)(=O)Cl. The van der Waals surface area contributed by atoms with Gasteiger partial charge in [-0.3, -0.25) is 4.98 Å². The van der Waals surface area contributed by atoms with Crippen LogP contribution in [0, 0.1) is 0 Å². The molecule has 0 saturated carbocycles. The molecule has 12 heavy (non-hydrogen) atoms. The fraction of sp³-hybridized carbons (Fsp3) is 0.286. The van der Waals surface area contributed by atoms with Gasteiger partial charge in [0.05, 0.1) is 5.69 Å². The third-order valence-electron chi connectivity index (χ3n) is 1.53. The Morgan fingerprint density at radius 2 is 2.17 bits per heavy atom. The number of pyridine rings is 1. The first-order valence-corrected chi connectivity index (χ1v) is 5.73. The molecule has 66 valence electrons. The van der Waals surface area contributed by atoms with Crippen LogP contribution in [0.1, 0.15) is 17.9 Å². The Labute approximate surface area is 75.8 Å². The first-order chi connectivity index (χ1) is 5.52. The Kier molecular flexibility index (Phi) is 2.69. The molecule has 1 atom stereocenters. The summed E-state index contributed by atoms with van der Waals surface area (Å²) < 4.78 is 21.7. The molecule has 1 heterocycles. The molecule has 0 aliphatic heterocycles. The monoisotopic (exact) mass is 205 g/mol. The summed E-state index contributed by atoms with van der Waals surface area (Å²) in [7, 11) is 1.60. The van der Waals surface area contributed by atoms with Crippen LogP contribution >= 0.6 is 10.7 Å². The van der Waals surface area contributed by atoms with E-state index in [1.807, 2.05) is 0 Å². The quantitative estimate of drug-likeness (QED) is 0.691. The average molecular weight is 206 g/mol. The summed E-state index contributed by atoms with van der Waals surface area (Å²) in [5, 5.41) is -0.750. The summed E-state index contributed by atoms with van der Waals surface area (Å²) in [6.07, 6.45) is 1.54. The maximum Gasteiger partial charge on any atom is 0.240 e. The maximum atomic E-state index is 10.9. The molecule has 0 spiro atoms. The second kappa shape index (κ2) is 3.41. The summed E-state index contributed by atoms with van der Waals surface area (Å²) in [5.74, 6) is 0. The maximum absolute atomic E-state index is 10.9. The highest BCUT2D eigenvalue weighted by atomic mass is 35.7. The molecule has 0 aliphatic rings. The standard InChI is InChI=1S/C7H8ClNO2S/c1-6(12(8,10)11)7-4-2-3-5-9-7/h2-6H,1H3/t6-/m0/s1. The Balaban J connectivity index is 3.02. The third kappa shape index (κ3) is 2.19. The molecule has 0 N–H and O–H groups in total. The summed E-state index contributed by atoms with van der Waals surface area (Å²) >= 11 is 0. The van der Waals surface area contributed by atoms with Crippen molar-refractivity contribution in [3.8, 4) is 0 Å². The smallest absolute Gasteiger partial charge is 0.240 e. The van der Waals surface area contributed by atoms with E-state index in [1.165, 1.54) is 13.1 Å². The van der Waals surface area contributed by atoms with E-state index >= 15 is 0 Å². The van der Waals surface area contributed by atoms with Crippen LogP contribution in [0.3, 0.4) is 0 Å². The second-order valence-electron chi connectivity index (χ2n) is 2.37. The van der Waals surface area contributed by atoms with Gasteiger partial charge in [-0.15, -0.1) is 0 Å². The average Bonchev–Trinajstić information content (AvgIpc) is 2.03. The molecule has 0 unspecified atom stereocenters. The van der Waals surface area contributed by atoms with E-state index < -0.39 is 14.3 Å². The van der Waals surface area contributed by atoms with Gasteiger partial charge in [-0.05, 0) is 19.1 Å². The van der Waals surface area contributed by atoms with Crippen LogP contribution in [0.4, 0.5) is 0 Å². The lowest BCUT2D eigenvalue weighted by Gasteiger charge is -2.04. The molecule has 1 aromatic heterocycles. The van der Waals surface area contributed by atoms with Gasteiger partial charge < -0.3 is 0 Å². The minimum Gasteiger partial charge on any atom is -0.260 e. The van der Waals surface area contributed by atoms with E-state index in [1.54, 1.807) is 18.2 Å². The number of nitrogens with zero attached hydrogens (tertiary/aromatic N) is 1. The van der Waals surface area contributed by atoms with Crippen LogP contribution in [0.15, 0.2) is 24.4 Å². The first kappa shape index (κ1) is 9.48. The molecule has 0 saturated heterocycles. The van der Waals surface area contributed by atoms with Gasteiger partial charge >= 0.3 is 0 Å². The van der Waals surface area contributed by atoms with Crippen molar-refractivity contribution < 1.29 is 8.42 Å². The van der Waals surface area contributed by atoms with Gasteiger partial charge in [0.25, 0.3) is 0 Å². The van der Waals surface area contributed by atoms with E-state index in [0.29, 0.717) is 5.69 Å². The van der Waals surface area contributed by atoms with Crippen molar-refractivity contribution in [2.45, 2.75) is 12.2 Å². The summed E-state index contributed by atoms with van der Waals surface area (Å²) in [5.41, 5.74) is 0.465. The molecule has 1 rings (SSSR count). The van der Waals surface area contributed by atoms with Gasteiger partial charge in [0.2, 0.25) is 9.05 Å².